The quantitative estimate of drug-likeness (QED) is 0.777. The molecule has 134 valence electrons. The van der Waals surface area contributed by atoms with Crippen molar-refractivity contribution in [3.63, 3.8) is 0 Å². The van der Waals surface area contributed by atoms with Gasteiger partial charge in [0.1, 0.15) is 5.69 Å². The van der Waals surface area contributed by atoms with E-state index in [9.17, 15) is 4.79 Å². The van der Waals surface area contributed by atoms with Gasteiger partial charge in [0, 0.05) is 0 Å². The van der Waals surface area contributed by atoms with Crippen LogP contribution in [0.1, 0.15) is 41.7 Å². The summed E-state index contributed by atoms with van der Waals surface area (Å²) in [5.41, 5.74) is 2.02. The fraction of sp³-hybridized carbons (Fsp3) is 0.421. The van der Waals surface area contributed by atoms with Gasteiger partial charge in [-0.25, -0.2) is 4.98 Å². The number of amides is 1. The van der Waals surface area contributed by atoms with Crippen molar-refractivity contribution < 1.29 is 18.5 Å². The Morgan fingerprint density at radius 1 is 1.27 bits per heavy atom. The lowest BCUT2D eigenvalue weighted by atomic mass is 10.0. The summed E-state index contributed by atoms with van der Waals surface area (Å²) in [6.07, 6.45) is 6.09. The molecule has 0 radical (unpaired) electrons. The van der Waals surface area contributed by atoms with Gasteiger partial charge in [0.2, 0.25) is 0 Å². The minimum atomic E-state index is -0.157. The largest absolute Gasteiger partial charge is 0.463 e. The molecule has 1 N–H and O–H groups in total. The molecule has 2 aliphatic heterocycles. The summed E-state index contributed by atoms with van der Waals surface area (Å²) in [7, 11) is 0. The van der Waals surface area contributed by atoms with Crippen molar-refractivity contribution in [3.05, 3.63) is 35.7 Å². The average Bonchev–Trinajstić information content (AvgIpc) is 3.38. The number of pyridine rings is 1. The zero-order chi connectivity index (χ0) is 17.7. The molecule has 3 aromatic rings. The van der Waals surface area contributed by atoms with Crippen LogP contribution in [0.15, 0.2) is 33.4 Å². The highest BCUT2D eigenvalue weighted by Crippen LogP contribution is 2.33. The number of nitrogens with zero attached hydrogens (tertiary/aromatic N) is 2. The highest BCUT2D eigenvalue weighted by atomic mass is 16.5. The molecule has 26 heavy (non-hydrogen) atoms. The van der Waals surface area contributed by atoms with Crippen molar-refractivity contribution in [2.24, 2.45) is 0 Å². The Balaban J connectivity index is 1.52. The standard InChI is InChI=1S/C19H19N3O4/c1-10-17-12(18(23)20-13-6-4-11-5-7-16(13)25-11)9-14(15-3-2-8-24-15)21-19(17)26-22-10/h2-3,8-9,11,13,16H,4-7H2,1H3,(H,20,23). The highest BCUT2D eigenvalue weighted by Gasteiger charge is 2.37. The lowest BCUT2D eigenvalue weighted by Crippen LogP contribution is -2.45. The first-order valence-corrected chi connectivity index (χ1v) is 8.96. The zero-order valence-electron chi connectivity index (χ0n) is 14.4. The number of carbonyl (C=O) groups excluding carboxylic acids is 1. The van der Waals surface area contributed by atoms with Crippen LogP contribution in [0.3, 0.4) is 0 Å². The SMILES string of the molecule is Cc1noc2nc(-c3ccco3)cc(C(=O)NC3CCC4CCC3O4)c12. The van der Waals surface area contributed by atoms with Crippen LogP contribution in [0.2, 0.25) is 0 Å². The number of hydrogen-bond donors (Lipinski definition) is 1. The molecule has 3 aromatic heterocycles. The number of rotatable bonds is 3. The lowest BCUT2D eigenvalue weighted by Gasteiger charge is -2.30. The number of carbonyl (C=O) groups is 1. The van der Waals surface area contributed by atoms with E-state index in [1.165, 1.54) is 0 Å². The summed E-state index contributed by atoms with van der Waals surface area (Å²) in [6.45, 7) is 1.81. The van der Waals surface area contributed by atoms with Crippen LogP contribution >= 0.6 is 0 Å². The van der Waals surface area contributed by atoms with E-state index in [1.54, 1.807) is 24.5 Å². The molecule has 0 aromatic carbocycles. The first-order valence-electron chi connectivity index (χ1n) is 8.96. The topological polar surface area (TPSA) is 90.4 Å². The Morgan fingerprint density at radius 2 is 2.15 bits per heavy atom. The predicted octanol–water partition coefficient (Wildman–Crippen LogP) is 3.23. The van der Waals surface area contributed by atoms with E-state index in [-0.39, 0.29) is 18.1 Å². The monoisotopic (exact) mass is 353 g/mol. The van der Waals surface area contributed by atoms with Crippen LogP contribution in [0, 0.1) is 6.92 Å². The van der Waals surface area contributed by atoms with Crippen molar-refractivity contribution in [2.75, 3.05) is 0 Å². The fourth-order valence-electron chi connectivity index (χ4n) is 4.03. The third kappa shape index (κ3) is 2.50. The van der Waals surface area contributed by atoms with Gasteiger partial charge < -0.3 is 19.0 Å². The van der Waals surface area contributed by atoms with E-state index in [1.807, 2.05) is 6.92 Å². The molecule has 3 atom stereocenters. The molecule has 3 unspecified atom stereocenters. The van der Waals surface area contributed by atoms with Crippen molar-refractivity contribution in [1.29, 1.82) is 0 Å². The third-order valence-electron chi connectivity index (χ3n) is 5.34. The third-order valence-corrected chi connectivity index (χ3v) is 5.34. The van der Waals surface area contributed by atoms with Gasteiger partial charge in [-0.3, -0.25) is 4.79 Å². The molecule has 2 saturated heterocycles. The summed E-state index contributed by atoms with van der Waals surface area (Å²) in [5.74, 6) is 0.421. The molecule has 2 fully saturated rings. The number of nitrogens with one attached hydrogen (secondary N) is 1. The van der Waals surface area contributed by atoms with E-state index in [4.69, 9.17) is 13.7 Å². The lowest BCUT2D eigenvalue weighted by molar-refractivity contribution is -0.0150. The summed E-state index contributed by atoms with van der Waals surface area (Å²) < 4.78 is 16.7. The van der Waals surface area contributed by atoms with Crippen molar-refractivity contribution in [2.45, 2.75) is 50.9 Å². The first-order chi connectivity index (χ1) is 12.7. The Hall–Kier alpha value is -2.67. The van der Waals surface area contributed by atoms with E-state index in [0.717, 1.165) is 25.7 Å². The van der Waals surface area contributed by atoms with E-state index in [2.05, 4.69) is 15.5 Å². The second-order valence-electron chi connectivity index (χ2n) is 7.01. The number of fused-ring (bicyclic) bond motifs is 3. The molecular formula is C19H19N3O4. The maximum absolute atomic E-state index is 13.1. The van der Waals surface area contributed by atoms with Crippen LogP contribution in [0.5, 0.6) is 0 Å². The normalized spacial score (nSPS) is 24.9. The first kappa shape index (κ1) is 15.6. The summed E-state index contributed by atoms with van der Waals surface area (Å²) in [6, 6.07) is 5.36. The summed E-state index contributed by atoms with van der Waals surface area (Å²) in [5, 5.41) is 7.76. The minimum Gasteiger partial charge on any atom is -0.463 e. The highest BCUT2D eigenvalue weighted by molar-refractivity contribution is 6.07. The van der Waals surface area contributed by atoms with Gasteiger partial charge >= 0.3 is 0 Å². The molecule has 7 heteroatoms. The van der Waals surface area contributed by atoms with Crippen LogP contribution in [0.4, 0.5) is 0 Å². The molecule has 0 saturated carbocycles. The van der Waals surface area contributed by atoms with E-state index < -0.39 is 0 Å². The number of hydrogen-bond acceptors (Lipinski definition) is 6. The molecular weight excluding hydrogens is 334 g/mol. The molecule has 5 rings (SSSR count). The molecule has 0 spiro atoms. The van der Waals surface area contributed by atoms with Gasteiger partial charge in [0.05, 0.1) is 41.2 Å². The van der Waals surface area contributed by atoms with Crippen LogP contribution in [-0.4, -0.2) is 34.3 Å². The fourth-order valence-corrected chi connectivity index (χ4v) is 4.03. The Labute approximate surface area is 149 Å². The van der Waals surface area contributed by atoms with Gasteiger partial charge in [0.15, 0.2) is 5.76 Å². The van der Waals surface area contributed by atoms with Gasteiger partial charge in [-0.2, -0.15) is 0 Å². The molecule has 1 amide bonds. The Morgan fingerprint density at radius 3 is 3.00 bits per heavy atom. The number of furan rings is 1. The smallest absolute Gasteiger partial charge is 0.259 e. The van der Waals surface area contributed by atoms with E-state index in [0.29, 0.717) is 39.9 Å². The second-order valence-corrected chi connectivity index (χ2v) is 7.01. The number of ether oxygens (including phenoxy) is 1. The van der Waals surface area contributed by atoms with Crippen LogP contribution < -0.4 is 5.32 Å². The second kappa shape index (κ2) is 5.95. The molecule has 2 aliphatic rings. The Bertz CT molecular complexity index is 963. The molecule has 7 nitrogen and oxygen atoms in total. The van der Waals surface area contributed by atoms with E-state index >= 15 is 0 Å². The number of aryl methyl sites for hydroxylation is 1. The predicted molar refractivity (Wildman–Crippen MR) is 92.6 cm³/mol. The minimum absolute atomic E-state index is 0.0386. The summed E-state index contributed by atoms with van der Waals surface area (Å²) >= 11 is 0. The maximum Gasteiger partial charge on any atom is 0.259 e. The van der Waals surface area contributed by atoms with Gasteiger partial charge in [-0.15, -0.1) is 0 Å². The van der Waals surface area contributed by atoms with Crippen molar-refractivity contribution in [1.82, 2.24) is 15.5 Å². The van der Waals surface area contributed by atoms with Crippen molar-refractivity contribution in [3.8, 4) is 11.5 Å². The average molecular weight is 353 g/mol. The molecule has 2 bridgehead atoms. The van der Waals surface area contributed by atoms with Crippen LogP contribution in [0.25, 0.3) is 22.6 Å². The van der Waals surface area contributed by atoms with Gasteiger partial charge in [-0.05, 0) is 50.8 Å². The van der Waals surface area contributed by atoms with Crippen molar-refractivity contribution >= 4 is 17.0 Å². The molecule has 0 aliphatic carbocycles. The zero-order valence-corrected chi connectivity index (χ0v) is 14.4. The molecule has 5 heterocycles. The van der Waals surface area contributed by atoms with Crippen LogP contribution in [-0.2, 0) is 4.74 Å². The number of aromatic nitrogens is 2. The van der Waals surface area contributed by atoms with Gasteiger partial charge in [-0.1, -0.05) is 5.16 Å². The van der Waals surface area contributed by atoms with Gasteiger partial charge in [0.25, 0.3) is 11.6 Å². The maximum atomic E-state index is 13.1. The Kier molecular flexibility index (Phi) is 3.56. The summed E-state index contributed by atoms with van der Waals surface area (Å²) in [4.78, 5) is 17.5.